The van der Waals surface area contributed by atoms with Gasteiger partial charge in [0.1, 0.15) is 6.26 Å². The fraction of sp³-hybridized carbons (Fsp3) is 0. The molecule has 0 aromatic rings. The average molecular weight is 110 g/mol. The summed E-state index contributed by atoms with van der Waals surface area (Å²) in [6.45, 7) is 3.50. The Kier molecular flexibility index (Phi) is 4.57. The van der Waals surface area contributed by atoms with E-state index < -0.39 is 0 Å². The zero-order valence-electron chi connectivity index (χ0n) is 4.24. The number of nitriles is 1. The van der Waals surface area contributed by atoms with Gasteiger partial charge >= 0.3 is 0 Å². The van der Waals surface area contributed by atoms with E-state index in [4.69, 9.17) is 5.26 Å². The Hall–Kier alpha value is -1.43. The van der Waals surface area contributed by atoms with Crippen molar-refractivity contribution in [1.29, 1.82) is 5.26 Å². The monoisotopic (exact) mass is 110 g/mol. The van der Waals surface area contributed by atoms with Crippen molar-refractivity contribution in [2.24, 2.45) is 0 Å². The van der Waals surface area contributed by atoms with Crippen LogP contribution in [0.1, 0.15) is 0 Å². The molecule has 1 heterocycles. The summed E-state index contributed by atoms with van der Waals surface area (Å²) >= 11 is 0. The average Bonchev–Trinajstić information content (AvgIpc) is 1.96. The lowest BCUT2D eigenvalue weighted by atomic mass is 10.6. The summed E-state index contributed by atoms with van der Waals surface area (Å²) in [6, 6.07) is 0. The van der Waals surface area contributed by atoms with E-state index >= 15 is 0 Å². The van der Waals surface area contributed by atoms with Crippen molar-refractivity contribution >= 4 is 0 Å². The van der Waals surface area contributed by atoms with Gasteiger partial charge in [-0.2, -0.15) is 0 Å². The Morgan fingerprint density at radius 3 is 2.25 bits per heavy atom. The molecule has 0 atom stereocenters. The maximum Gasteiger partial charge on any atom is 0.119 e. The molecule has 3 nitrogen and oxygen atoms in total. The molecule has 0 unspecified atom stereocenters. The van der Waals surface area contributed by atoms with Gasteiger partial charge in [-0.15, -0.1) is 0 Å². The molecule has 0 aromatic heterocycles. The maximum atomic E-state index is 6.50. The number of nitrogens with one attached hydrogen (secondary N) is 1. The first-order valence-electron chi connectivity index (χ1n) is 1.99. The van der Waals surface area contributed by atoms with Gasteiger partial charge in [0.25, 0.3) is 0 Å². The molecule has 0 bridgehead atoms. The van der Waals surface area contributed by atoms with Gasteiger partial charge in [-0.05, 0) is 12.2 Å². The SMILES string of the molecule is C#N.C1=CNOC=C1. The van der Waals surface area contributed by atoms with Gasteiger partial charge in [0.2, 0.25) is 0 Å². The van der Waals surface area contributed by atoms with Gasteiger partial charge in [-0.1, -0.05) is 0 Å². The second-order valence-electron chi connectivity index (χ2n) is 0.923. The molecule has 0 fully saturated rings. The largest absolute Gasteiger partial charge is 0.391 e. The molecule has 1 N–H and O–H groups in total. The highest BCUT2D eigenvalue weighted by atomic mass is 16.6. The second-order valence-corrected chi connectivity index (χ2v) is 0.923. The molecule has 0 aliphatic carbocycles. The predicted molar refractivity (Wildman–Crippen MR) is 29.2 cm³/mol. The van der Waals surface area contributed by atoms with Crippen LogP contribution in [0.2, 0.25) is 0 Å². The normalized spacial score (nSPS) is 12.2. The van der Waals surface area contributed by atoms with Crippen LogP contribution in [0.15, 0.2) is 24.6 Å². The van der Waals surface area contributed by atoms with Gasteiger partial charge in [-0.25, -0.2) is 10.7 Å². The highest BCUT2D eigenvalue weighted by Crippen LogP contribution is 1.80. The van der Waals surface area contributed by atoms with E-state index in [-0.39, 0.29) is 0 Å². The third-order valence-corrected chi connectivity index (χ3v) is 0.490. The number of rotatable bonds is 0. The first-order valence-corrected chi connectivity index (χ1v) is 1.99. The first-order chi connectivity index (χ1) is 4.00. The summed E-state index contributed by atoms with van der Waals surface area (Å²) in [5, 5.41) is 6.50. The lowest BCUT2D eigenvalue weighted by Gasteiger charge is -1.97. The van der Waals surface area contributed by atoms with E-state index in [1.807, 2.05) is 6.08 Å². The van der Waals surface area contributed by atoms with Crippen molar-refractivity contribution in [3.63, 3.8) is 0 Å². The standard InChI is InChI=1S/C4H5NO.CHN/c1-2-4-6-5-3-1;1-2/h1-5H;1H. The van der Waals surface area contributed by atoms with E-state index in [9.17, 15) is 0 Å². The summed E-state index contributed by atoms with van der Waals surface area (Å²) in [5.74, 6) is 0. The fourth-order valence-corrected chi connectivity index (χ4v) is 0.258. The summed E-state index contributed by atoms with van der Waals surface area (Å²) in [6.07, 6.45) is 6.93. The molecule has 1 aliphatic heterocycles. The molecule has 0 saturated heterocycles. The Labute approximate surface area is 47.8 Å². The quantitative estimate of drug-likeness (QED) is 0.499. The van der Waals surface area contributed by atoms with E-state index in [0.29, 0.717) is 0 Å². The van der Waals surface area contributed by atoms with E-state index in [2.05, 4.69) is 16.9 Å². The zero-order chi connectivity index (χ0) is 6.24. The smallest absolute Gasteiger partial charge is 0.119 e. The molecule has 3 heteroatoms. The van der Waals surface area contributed by atoms with Crippen LogP contribution in [-0.4, -0.2) is 0 Å². The van der Waals surface area contributed by atoms with Gasteiger partial charge in [-0.3, -0.25) is 0 Å². The Bertz CT molecular complexity index is 103. The third-order valence-electron chi connectivity index (χ3n) is 0.490. The fourth-order valence-electron chi connectivity index (χ4n) is 0.258. The summed E-state index contributed by atoms with van der Waals surface area (Å²) in [5.41, 5.74) is 2.52. The molecule has 0 spiro atoms. The van der Waals surface area contributed by atoms with Crippen LogP contribution in [0, 0.1) is 11.8 Å². The summed E-state index contributed by atoms with van der Waals surface area (Å²) < 4.78 is 0. The lowest BCUT2D eigenvalue weighted by molar-refractivity contribution is 0.172. The molecule has 1 aliphatic rings. The van der Waals surface area contributed by atoms with Crippen molar-refractivity contribution in [2.75, 3.05) is 0 Å². The molecular formula is C5H6N2O. The minimum atomic E-state index is 1.57. The van der Waals surface area contributed by atoms with Crippen LogP contribution in [0.4, 0.5) is 0 Å². The lowest BCUT2D eigenvalue weighted by Crippen LogP contribution is -2.01. The van der Waals surface area contributed by atoms with E-state index in [1.54, 1.807) is 18.5 Å². The van der Waals surface area contributed by atoms with Crippen molar-refractivity contribution in [1.82, 2.24) is 5.48 Å². The van der Waals surface area contributed by atoms with E-state index in [1.165, 1.54) is 0 Å². The van der Waals surface area contributed by atoms with Crippen LogP contribution in [-0.2, 0) is 4.84 Å². The summed E-state index contributed by atoms with van der Waals surface area (Å²) in [7, 11) is 0. The molecule has 42 valence electrons. The first kappa shape index (κ1) is 6.57. The van der Waals surface area contributed by atoms with Crippen molar-refractivity contribution in [2.45, 2.75) is 0 Å². The van der Waals surface area contributed by atoms with Crippen molar-refractivity contribution in [3.8, 4) is 6.57 Å². The van der Waals surface area contributed by atoms with E-state index in [0.717, 1.165) is 0 Å². The zero-order valence-corrected chi connectivity index (χ0v) is 4.24. The van der Waals surface area contributed by atoms with Crippen LogP contribution in [0.5, 0.6) is 0 Å². The minimum Gasteiger partial charge on any atom is -0.391 e. The summed E-state index contributed by atoms with van der Waals surface area (Å²) in [4.78, 5) is 4.55. The number of hydrogen-bond acceptors (Lipinski definition) is 3. The molecule has 0 aromatic carbocycles. The van der Waals surface area contributed by atoms with Crippen LogP contribution in [0.25, 0.3) is 0 Å². The highest BCUT2D eigenvalue weighted by Gasteiger charge is 1.72. The minimum absolute atomic E-state index is 1.57. The number of hydroxylamine groups is 1. The van der Waals surface area contributed by atoms with Gasteiger partial charge in [0.05, 0.1) is 0 Å². The predicted octanol–water partition coefficient (Wildman–Crippen LogP) is 0.688. The molecule has 0 saturated carbocycles. The van der Waals surface area contributed by atoms with Crippen LogP contribution < -0.4 is 5.48 Å². The van der Waals surface area contributed by atoms with Crippen molar-refractivity contribution < 1.29 is 4.84 Å². The number of nitrogens with zero attached hydrogens (tertiary/aromatic N) is 1. The van der Waals surface area contributed by atoms with Crippen LogP contribution in [0.3, 0.4) is 0 Å². The Morgan fingerprint density at radius 1 is 1.38 bits per heavy atom. The number of allylic oxidation sites excluding steroid dienone is 2. The molecule has 0 radical (unpaired) electrons. The van der Waals surface area contributed by atoms with Crippen molar-refractivity contribution in [3.05, 3.63) is 24.6 Å². The maximum absolute atomic E-state index is 6.50. The Balaban J connectivity index is 0.000000222. The molecule has 8 heavy (non-hydrogen) atoms. The van der Waals surface area contributed by atoms with Gasteiger partial charge < -0.3 is 4.84 Å². The topological polar surface area (TPSA) is 45.0 Å². The number of hydrogen-bond donors (Lipinski definition) is 1. The van der Waals surface area contributed by atoms with Gasteiger partial charge in [0.15, 0.2) is 0 Å². The second kappa shape index (κ2) is 5.57. The highest BCUT2D eigenvalue weighted by molar-refractivity contribution is 5.00. The third kappa shape index (κ3) is 2.79. The molecule has 1 rings (SSSR count). The Morgan fingerprint density at radius 2 is 2.12 bits per heavy atom. The molecule has 0 amide bonds. The van der Waals surface area contributed by atoms with Crippen LogP contribution >= 0.6 is 0 Å². The van der Waals surface area contributed by atoms with Gasteiger partial charge in [0, 0.05) is 12.8 Å². The molecular weight excluding hydrogens is 104 g/mol.